The van der Waals surface area contributed by atoms with Crippen molar-refractivity contribution in [1.82, 2.24) is 9.97 Å². The first-order chi connectivity index (χ1) is 8.64. The minimum Gasteiger partial charge on any atom is -0.341 e. The Labute approximate surface area is 102 Å². The smallest absolute Gasteiger partial charge is 0.159 e. The Morgan fingerprint density at radius 2 is 2.06 bits per heavy atom. The molecule has 2 aromatic rings. The van der Waals surface area contributed by atoms with Crippen molar-refractivity contribution < 1.29 is 8.78 Å². The lowest BCUT2D eigenvalue weighted by molar-refractivity contribution is 0.509. The monoisotopic (exact) mass is 245 g/mol. The number of hydrogen-bond donors (Lipinski definition) is 1. The van der Waals surface area contributed by atoms with Gasteiger partial charge in [-0.2, -0.15) is 5.26 Å². The Morgan fingerprint density at radius 3 is 2.67 bits per heavy atom. The first-order valence-electron chi connectivity index (χ1n) is 5.57. The zero-order valence-electron chi connectivity index (χ0n) is 9.37. The van der Waals surface area contributed by atoms with Crippen molar-refractivity contribution in [3.8, 4) is 17.3 Å². The quantitative estimate of drug-likeness (QED) is 0.884. The SMILES string of the molecule is N#CC1(c2ncc(-c3ccc(F)c(F)c3)[nH]2)CC1. The maximum atomic E-state index is 13.1. The highest BCUT2D eigenvalue weighted by atomic mass is 19.2. The third kappa shape index (κ3) is 1.58. The van der Waals surface area contributed by atoms with E-state index in [0.29, 0.717) is 17.1 Å². The summed E-state index contributed by atoms with van der Waals surface area (Å²) >= 11 is 0. The van der Waals surface area contributed by atoms with Crippen molar-refractivity contribution in [3.63, 3.8) is 0 Å². The summed E-state index contributed by atoms with van der Waals surface area (Å²) in [7, 11) is 0. The average molecular weight is 245 g/mol. The van der Waals surface area contributed by atoms with Crippen LogP contribution in [-0.4, -0.2) is 9.97 Å². The van der Waals surface area contributed by atoms with Gasteiger partial charge in [0, 0.05) is 5.56 Å². The van der Waals surface area contributed by atoms with Gasteiger partial charge in [-0.1, -0.05) is 0 Å². The van der Waals surface area contributed by atoms with E-state index in [9.17, 15) is 8.78 Å². The fourth-order valence-electron chi connectivity index (χ4n) is 1.90. The molecule has 0 aliphatic heterocycles. The number of rotatable bonds is 2. The molecule has 90 valence electrons. The van der Waals surface area contributed by atoms with Crippen LogP contribution in [0.15, 0.2) is 24.4 Å². The molecule has 1 aromatic heterocycles. The number of imidazole rings is 1. The number of aromatic nitrogens is 2. The predicted molar refractivity (Wildman–Crippen MR) is 60.5 cm³/mol. The fraction of sp³-hybridized carbons (Fsp3) is 0.231. The predicted octanol–water partition coefficient (Wildman–Crippen LogP) is 2.91. The summed E-state index contributed by atoms with van der Waals surface area (Å²) in [6.07, 6.45) is 3.11. The van der Waals surface area contributed by atoms with Crippen LogP contribution in [0.5, 0.6) is 0 Å². The number of halogens is 2. The second kappa shape index (κ2) is 3.64. The van der Waals surface area contributed by atoms with E-state index in [1.165, 1.54) is 6.07 Å². The minimum absolute atomic E-state index is 0.503. The third-order valence-electron chi connectivity index (χ3n) is 3.22. The van der Waals surface area contributed by atoms with Gasteiger partial charge in [-0.3, -0.25) is 0 Å². The molecule has 0 atom stereocenters. The Kier molecular flexibility index (Phi) is 2.20. The number of H-pyrrole nitrogens is 1. The van der Waals surface area contributed by atoms with Gasteiger partial charge in [0.15, 0.2) is 11.6 Å². The molecule has 1 saturated carbocycles. The number of benzene rings is 1. The van der Waals surface area contributed by atoms with E-state index in [0.717, 1.165) is 25.0 Å². The molecule has 0 spiro atoms. The summed E-state index contributed by atoms with van der Waals surface area (Å²) in [5.41, 5.74) is 0.600. The molecule has 5 heteroatoms. The molecule has 3 rings (SSSR count). The van der Waals surface area contributed by atoms with Crippen LogP contribution in [-0.2, 0) is 5.41 Å². The third-order valence-corrected chi connectivity index (χ3v) is 3.22. The molecular formula is C13H9F2N3. The number of nitrogens with zero attached hydrogens (tertiary/aromatic N) is 2. The Hall–Kier alpha value is -2.22. The van der Waals surface area contributed by atoms with Crippen molar-refractivity contribution in [1.29, 1.82) is 5.26 Å². The zero-order chi connectivity index (χ0) is 12.8. The first-order valence-corrected chi connectivity index (χ1v) is 5.57. The van der Waals surface area contributed by atoms with Crippen LogP contribution in [0.4, 0.5) is 8.78 Å². The van der Waals surface area contributed by atoms with Gasteiger partial charge in [-0.25, -0.2) is 13.8 Å². The van der Waals surface area contributed by atoms with Crippen LogP contribution in [0.25, 0.3) is 11.3 Å². The lowest BCUT2D eigenvalue weighted by Crippen LogP contribution is -2.04. The molecule has 1 heterocycles. The summed E-state index contributed by atoms with van der Waals surface area (Å²) in [6, 6.07) is 5.88. The molecule has 1 aliphatic rings. The molecule has 1 fully saturated rings. The number of hydrogen-bond acceptors (Lipinski definition) is 2. The van der Waals surface area contributed by atoms with E-state index in [1.807, 2.05) is 0 Å². The van der Waals surface area contributed by atoms with Crippen LogP contribution in [0.3, 0.4) is 0 Å². The van der Waals surface area contributed by atoms with Crippen LogP contribution >= 0.6 is 0 Å². The van der Waals surface area contributed by atoms with Gasteiger partial charge in [-0.05, 0) is 31.0 Å². The Morgan fingerprint density at radius 1 is 1.28 bits per heavy atom. The largest absolute Gasteiger partial charge is 0.341 e. The molecule has 1 aliphatic carbocycles. The minimum atomic E-state index is -0.898. The molecule has 1 N–H and O–H groups in total. The lowest BCUT2D eigenvalue weighted by Gasteiger charge is -2.01. The molecule has 0 bridgehead atoms. The van der Waals surface area contributed by atoms with Gasteiger partial charge < -0.3 is 4.98 Å². The first kappa shape index (κ1) is 10.9. The molecule has 0 saturated heterocycles. The summed E-state index contributed by atoms with van der Waals surface area (Å²) in [4.78, 5) is 7.16. The topological polar surface area (TPSA) is 52.5 Å². The molecule has 3 nitrogen and oxygen atoms in total. The number of aromatic amines is 1. The average Bonchev–Trinajstić information content (AvgIpc) is 3.02. The van der Waals surface area contributed by atoms with Crippen molar-refractivity contribution in [2.75, 3.05) is 0 Å². The van der Waals surface area contributed by atoms with E-state index in [1.54, 1.807) is 6.20 Å². The van der Waals surface area contributed by atoms with E-state index in [-0.39, 0.29) is 0 Å². The van der Waals surface area contributed by atoms with E-state index >= 15 is 0 Å². The second-order valence-electron chi connectivity index (χ2n) is 4.47. The van der Waals surface area contributed by atoms with E-state index < -0.39 is 17.0 Å². The maximum absolute atomic E-state index is 13.1. The summed E-state index contributed by atoms with van der Waals surface area (Å²) in [6.45, 7) is 0. The van der Waals surface area contributed by atoms with Crippen LogP contribution in [0, 0.1) is 23.0 Å². The lowest BCUT2D eigenvalue weighted by atomic mass is 10.1. The molecule has 1 aromatic carbocycles. The van der Waals surface area contributed by atoms with E-state index in [2.05, 4.69) is 16.0 Å². The van der Waals surface area contributed by atoms with Gasteiger partial charge in [0.25, 0.3) is 0 Å². The Balaban J connectivity index is 1.98. The van der Waals surface area contributed by atoms with Crippen LogP contribution in [0.1, 0.15) is 18.7 Å². The van der Waals surface area contributed by atoms with Crippen molar-refractivity contribution in [3.05, 3.63) is 41.9 Å². The standard InChI is InChI=1S/C13H9F2N3/c14-9-2-1-8(5-10(9)15)11-6-17-12(18-11)13(7-16)3-4-13/h1-2,5-6H,3-4H2,(H,17,18). The van der Waals surface area contributed by atoms with Crippen molar-refractivity contribution in [2.45, 2.75) is 18.3 Å². The summed E-state index contributed by atoms with van der Waals surface area (Å²) in [5.74, 6) is -1.18. The van der Waals surface area contributed by atoms with Gasteiger partial charge in [-0.15, -0.1) is 0 Å². The summed E-state index contributed by atoms with van der Waals surface area (Å²) in [5, 5.41) is 9.05. The summed E-state index contributed by atoms with van der Waals surface area (Å²) < 4.78 is 26.0. The number of nitrogens with one attached hydrogen (secondary N) is 1. The molecular weight excluding hydrogens is 236 g/mol. The maximum Gasteiger partial charge on any atom is 0.159 e. The molecule has 0 radical (unpaired) electrons. The highest BCUT2D eigenvalue weighted by Crippen LogP contribution is 2.46. The second-order valence-corrected chi connectivity index (χ2v) is 4.47. The zero-order valence-corrected chi connectivity index (χ0v) is 9.37. The van der Waals surface area contributed by atoms with Crippen LogP contribution in [0.2, 0.25) is 0 Å². The van der Waals surface area contributed by atoms with Crippen molar-refractivity contribution >= 4 is 0 Å². The van der Waals surface area contributed by atoms with Crippen LogP contribution < -0.4 is 0 Å². The van der Waals surface area contributed by atoms with Gasteiger partial charge >= 0.3 is 0 Å². The highest BCUT2D eigenvalue weighted by Gasteiger charge is 2.47. The molecule has 0 unspecified atom stereocenters. The van der Waals surface area contributed by atoms with Gasteiger partial charge in [0.2, 0.25) is 0 Å². The molecule has 18 heavy (non-hydrogen) atoms. The highest BCUT2D eigenvalue weighted by molar-refractivity contribution is 5.59. The van der Waals surface area contributed by atoms with Crippen molar-refractivity contribution in [2.24, 2.45) is 0 Å². The molecule has 0 amide bonds. The van der Waals surface area contributed by atoms with Gasteiger partial charge in [0.1, 0.15) is 11.2 Å². The number of nitriles is 1. The Bertz CT molecular complexity index is 650. The normalized spacial score (nSPS) is 16.3. The van der Waals surface area contributed by atoms with Gasteiger partial charge in [0.05, 0.1) is 18.0 Å². The fourth-order valence-corrected chi connectivity index (χ4v) is 1.90. The van der Waals surface area contributed by atoms with E-state index in [4.69, 9.17) is 5.26 Å².